The number of nitrogens with two attached hydrogens (primary N) is 1. The Morgan fingerprint density at radius 3 is 2.41 bits per heavy atom. The van der Waals surface area contributed by atoms with Crippen LogP contribution in [0, 0.1) is 0 Å². The smallest absolute Gasteiger partial charge is 0.0484 e. The van der Waals surface area contributed by atoms with Gasteiger partial charge in [-0.3, -0.25) is 0 Å². The van der Waals surface area contributed by atoms with Gasteiger partial charge in [0.25, 0.3) is 0 Å². The second kappa shape index (κ2) is 5.67. The van der Waals surface area contributed by atoms with Gasteiger partial charge in [0.1, 0.15) is 0 Å². The molecule has 0 aromatic heterocycles. The first-order valence-electron chi connectivity index (χ1n) is 5.45. The molecule has 0 aliphatic carbocycles. The summed E-state index contributed by atoms with van der Waals surface area (Å²) in [6.45, 7) is 0.654. The van der Waals surface area contributed by atoms with Gasteiger partial charge in [0.2, 0.25) is 0 Å². The largest absolute Gasteiger partial charge is 0.330 e. The van der Waals surface area contributed by atoms with Gasteiger partial charge < -0.3 is 5.73 Å². The van der Waals surface area contributed by atoms with Gasteiger partial charge in [0.15, 0.2) is 0 Å². The van der Waals surface area contributed by atoms with Crippen LogP contribution in [0.4, 0.5) is 0 Å². The van der Waals surface area contributed by atoms with Crippen LogP contribution in [0.3, 0.4) is 0 Å². The second-order valence-corrected chi connectivity index (χ2v) is 5.18. The first-order chi connectivity index (χ1) is 8.20. The van der Waals surface area contributed by atoms with Crippen molar-refractivity contribution in [2.24, 2.45) is 5.73 Å². The molecule has 0 amide bonds. The Morgan fingerprint density at radius 2 is 1.76 bits per heavy atom. The minimum atomic E-state index is 0.654. The fourth-order valence-electron chi connectivity index (χ4n) is 1.75. The summed E-state index contributed by atoms with van der Waals surface area (Å²) in [6, 6.07) is 14.2. The van der Waals surface area contributed by atoms with E-state index in [2.05, 4.69) is 34.1 Å². The Balaban J connectivity index is 2.42. The van der Waals surface area contributed by atoms with Crippen LogP contribution in [-0.4, -0.2) is 6.54 Å². The van der Waals surface area contributed by atoms with E-state index in [1.807, 2.05) is 24.3 Å². The molecular weight excluding hydrogens is 298 g/mol. The minimum absolute atomic E-state index is 0.654. The zero-order chi connectivity index (χ0) is 12.3. The number of benzene rings is 2. The Labute approximate surface area is 115 Å². The van der Waals surface area contributed by atoms with Gasteiger partial charge in [-0.05, 0) is 48.4 Å². The van der Waals surface area contributed by atoms with Crippen molar-refractivity contribution in [3.8, 4) is 11.1 Å². The van der Waals surface area contributed by atoms with Gasteiger partial charge >= 0.3 is 0 Å². The normalized spacial score (nSPS) is 10.5. The van der Waals surface area contributed by atoms with Crippen molar-refractivity contribution in [2.45, 2.75) is 6.42 Å². The van der Waals surface area contributed by atoms with Gasteiger partial charge in [0, 0.05) is 15.1 Å². The van der Waals surface area contributed by atoms with Crippen LogP contribution in [0.25, 0.3) is 11.1 Å². The summed E-state index contributed by atoms with van der Waals surface area (Å²) in [7, 11) is 0. The zero-order valence-electron chi connectivity index (χ0n) is 9.29. The maximum absolute atomic E-state index is 6.23. The fourth-order valence-corrected chi connectivity index (χ4v) is 2.24. The molecule has 0 saturated heterocycles. The van der Waals surface area contributed by atoms with E-state index < -0.39 is 0 Å². The van der Waals surface area contributed by atoms with Crippen LogP contribution in [0.5, 0.6) is 0 Å². The van der Waals surface area contributed by atoms with Crippen LogP contribution in [0.15, 0.2) is 46.9 Å². The summed E-state index contributed by atoms with van der Waals surface area (Å²) in [5.41, 5.74) is 8.97. The molecule has 17 heavy (non-hydrogen) atoms. The number of hydrogen-bond acceptors (Lipinski definition) is 1. The second-order valence-electron chi connectivity index (χ2n) is 3.86. The van der Waals surface area contributed by atoms with Gasteiger partial charge in [-0.15, -0.1) is 0 Å². The van der Waals surface area contributed by atoms with Crippen molar-refractivity contribution in [3.63, 3.8) is 0 Å². The topological polar surface area (TPSA) is 26.0 Å². The SMILES string of the molecule is NCCc1ccc(Cl)c(-c2ccc(Br)cc2)c1. The molecule has 0 fully saturated rings. The summed E-state index contributed by atoms with van der Waals surface area (Å²) in [6.07, 6.45) is 0.876. The summed E-state index contributed by atoms with van der Waals surface area (Å²) in [4.78, 5) is 0. The predicted octanol–water partition coefficient (Wildman–Crippen LogP) is 4.27. The first-order valence-corrected chi connectivity index (χ1v) is 6.62. The molecule has 2 aromatic rings. The summed E-state index contributed by atoms with van der Waals surface area (Å²) in [5.74, 6) is 0. The molecule has 0 spiro atoms. The van der Waals surface area contributed by atoms with Gasteiger partial charge in [0.05, 0.1) is 0 Å². The molecule has 2 aromatic carbocycles. The van der Waals surface area contributed by atoms with E-state index in [4.69, 9.17) is 17.3 Å². The summed E-state index contributed by atoms with van der Waals surface area (Å²) >= 11 is 9.65. The Hall–Kier alpha value is -0.830. The molecule has 88 valence electrons. The zero-order valence-corrected chi connectivity index (χ0v) is 11.6. The molecule has 2 rings (SSSR count). The van der Waals surface area contributed by atoms with Gasteiger partial charge in [-0.1, -0.05) is 45.7 Å². The van der Waals surface area contributed by atoms with Crippen molar-refractivity contribution in [1.82, 2.24) is 0 Å². The van der Waals surface area contributed by atoms with E-state index >= 15 is 0 Å². The monoisotopic (exact) mass is 309 g/mol. The van der Waals surface area contributed by atoms with E-state index in [0.29, 0.717) is 6.54 Å². The summed E-state index contributed by atoms with van der Waals surface area (Å²) < 4.78 is 1.07. The van der Waals surface area contributed by atoms with Crippen molar-refractivity contribution >= 4 is 27.5 Å². The molecule has 0 atom stereocenters. The molecule has 0 heterocycles. The lowest BCUT2D eigenvalue weighted by Crippen LogP contribution is -2.02. The lowest BCUT2D eigenvalue weighted by molar-refractivity contribution is 0.969. The van der Waals surface area contributed by atoms with Gasteiger partial charge in [-0.2, -0.15) is 0 Å². The molecule has 2 N–H and O–H groups in total. The summed E-state index contributed by atoms with van der Waals surface area (Å²) in [5, 5.41) is 0.771. The Kier molecular flexibility index (Phi) is 4.21. The van der Waals surface area contributed by atoms with Gasteiger partial charge in [-0.25, -0.2) is 0 Å². The minimum Gasteiger partial charge on any atom is -0.330 e. The van der Waals surface area contributed by atoms with Crippen LogP contribution >= 0.6 is 27.5 Å². The van der Waals surface area contributed by atoms with Crippen molar-refractivity contribution in [1.29, 1.82) is 0 Å². The van der Waals surface area contributed by atoms with E-state index in [1.54, 1.807) is 0 Å². The third-order valence-electron chi connectivity index (χ3n) is 2.62. The maximum Gasteiger partial charge on any atom is 0.0484 e. The van der Waals surface area contributed by atoms with Crippen LogP contribution in [0.1, 0.15) is 5.56 Å². The van der Waals surface area contributed by atoms with Crippen LogP contribution in [-0.2, 0) is 6.42 Å². The molecule has 0 saturated carbocycles. The third kappa shape index (κ3) is 3.09. The highest BCUT2D eigenvalue weighted by Crippen LogP contribution is 2.29. The van der Waals surface area contributed by atoms with E-state index in [1.165, 1.54) is 5.56 Å². The average molecular weight is 311 g/mol. The maximum atomic E-state index is 6.23. The number of hydrogen-bond donors (Lipinski definition) is 1. The average Bonchev–Trinajstić information content (AvgIpc) is 2.33. The lowest BCUT2D eigenvalue weighted by atomic mass is 10.0. The van der Waals surface area contributed by atoms with Crippen molar-refractivity contribution in [2.75, 3.05) is 6.54 Å². The highest BCUT2D eigenvalue weighted by atomic mass is 79.9. The Bertz CT molecular complexity index is 508. The molecule has 0 unspecified atom stereocenters. The van der Waals surface area contributed by atoms with Crippen molar-refractivity contribution in [3.05, 3.63) is 57.5 Å². The predicted molar refractivity (Wildman–Crippen MR) is 77.3 cm³/mol. The molecular formula is C14H13BrClN. The quantitative estimate of drug-likeness (QED) is 0.900. The molecule has 0 radical (unpaired) electrons. The lowest BCUT2D eigenvalue weighted by Gasteiger charge is -2.07. The first kappa shape index (κ1) is 12.6. The third-order valence-corrected chi connectivity index (χ3v) is 3.48. The molecule has 3 heteroatoms. The fraction of sp³-hybridized carbons (Fsp3) is 0.143. The molecule has 1 nitrogen and oxygen atoms in total. The van der Waals surface area contributed by atoms with Crippen LogP contribution < -0.4 is 5.73 Å². The molecule has 0 bridgehead atoms. The number of halogens is 2. The molecule has 0 aliphatic heterocycles. The van der Waals surface area contributed by atoms with Crippen LogP contribution in [0.2, 0.25) is 5.02 Å². The molecule has 0 aliphatic rings. The standard InChI is InChI=1S/C14H13BrClN/c15-12-4-2-11(3-5-12)13-9-10(7-8-17)1-6-14(13)16/h1-6,9H,7-8,17H2. The Morgan fingerprint density at radius 1 is 1.06 bits per heavy atom. The highest BCUT2D eigenvalue weighted by molar-refractivity contribution is 9.10. The van der Waals surface area contributed by atoms with E-state index in [0.717, 1.165) is 27.0 Å². The van der Waals surface area contributed by atoms with E-state index in [9.17, 15) is 0 Å². The number of rotatable bonds is 3. The highest BCUT2D eigenvalue weighted by Gasteiger charge is 2.04. The van der Waals surface area contributed by atoms with Crippen molar-refractivity contribution < 1.29 is 0 Å². The van der Waals surface area contributed by atoms with E-state index in [-0.39, 0.29) is 0 Å².